The van der Waals surface area contributed by atoms with Crippen LogP contribution >= 0.6 is 21.6 Å². The summed E-state index contributed by atoms with van der Waals surface area (Å²) in [5.41, 5.74) is 0.193. The van der Waals surface area contributed by atoms with E-state index in [1.165, 1.54) is 21.6 Å². The van der Waals surface area contributed by atoms with Gasteiger partial charge in [-0.1, -0.05) is 45.9 Å². The lowest BCUT2D eigenvalue weighted by Gasteiger charge is -2.24. The predicted octanol–water partition coefficient (Wildman–Crippen LogP) is 4.80. The van der Waals surface area contributed by atoms with Crippen molar-refractivity contribution in [3.63, 3.8) is 0 Å². The number of methoxy groups -OCH3 is 2. The van der Waals surface area contributed by atoms with Gasteiger partial charge < -0.3 is 40.2 Å². The maximum Gasteiger partial charge on any atom is 0.408 e. The number of nitrogens with one attached hydrogen (secondary N) is 4. The van der Waals surface area contributed by atoms with Crippen LogP contribution in [0.25, 0.3) is 0 Å². The number of amides is 4. The molecule has 0 aliphatic heterocycles. The lowest BCUT2D eigenvalue weighted by atomic mass is 10.2. The van der Waals surface area contributed by atoms with Gasteiger partial charge in [-0.3, -0.25) is 9.59 Å². The van der Waals surface area contributed by atoms with Gasteiger partial charge in [0, 0.05) is 24.6 Å². The third kappa shape index (κ3) is 15.5. The minimum absolute atomic E-state index is 0.158. The lowest BCUT2D eigenvalue weighted by Crippen LogP contribution is -2.50. The Balaban J connectivity index is 2.04. The molecule has 0 unspecified atom stereocenters. The number of ether oxygens (including phenoxy) is 4. The van der Waals surface area contributed by atoms with E-state index in [1.807, 2.05) is 24.3 Å². The Morgan fingerprint density at radius 1 is 0.609 bits per heavy atom. The largest absolute Gasteiger partial charge is 0.497 e. The van der Waals surface area contributed by atoms with E-state index in [0.717, 1.165) is 11.1 Å². The monoisotopic (exact) mass is 678 g/mol. The highest BCUT2D eigenvalue weighted by molar-refractivity contribution is 8.76. The van der Waals surface area contributed by atoms with E-state index in [0.29, 0.717) is 11.5 Å². The van der Waals surface area contributed by atoms with Crippen molar-refractivity contribution in [3.05, 3.63) is 59.7 Å². The number of hydrogen-bond acceptors (Lipinski definition) is 10. The highest BCUT2D eigenvalue weighted by atomic mass is 33.1. The first-order valence-corrected chi connectivity index (χ1v) is 17.1. The fourth-order valence-corrected chi connectivity index (χ4v) is 5.94. The molecule has 0 saturated heterocycles. The van der Waals surface area contributed by atoms with Gasteiger partial charge in [0.25, 0.3) is 0 Å². The van der Waals surface area contributed by atoms with E-state index >= 15 is 0 Å². The standard InChI is InChI=1S/C32H46N4O8S2/c1-31(2,3)43-29(39)35-25(27(37)33-17-21-9-13-23(41-7)14-10-21)19-45-46-20-26(36-30(40)44-32(4,5)6)28(38)34-18-22-11-15-24(42-8)16-12-22/h9-16,25-26H,17-20H2,1-8H3,(H,33,37)(H,34,38)(H,35,39)(H,36,40)/t25-,26-/m1/s1. The van der Waals surface area contributed by atoms with E-state index in [-0.39, 0.29) is 24.6 Å². The molecule has 46 heavy (non-hydrogen) atoms. The molecule has 0 fully saturated rings. The Morgan fingerprint density at radius 2 is 0.935 bits per heavy atom. The molecule has 0 aliphatic rings. The van der Waals surface area contributed by atoms with Crippen molar-refractivity contribution in [3.8, 4) is 11.5 Å². The second-order valence-corrected chi connectivity index (χ2v) is 14.7. The van der Waals surface area contributed by atoms with Crippen molar-refractivity contribution in [1.82, 2.24) is 21.3 Å². The number of carbonyl (C=O) groups is 4. The van der Waals surface area contributed by atoms with Gasteiger partial charge >= 0.3 is 12.2 Å². The second kappa shape index (κ2) is 18.4. The van der Waals surface area contributed by atoms with Crippen LogP contribution in [0.3, 0.4) is 0 Å². The summed E-state index contributed by atoms with van der Waals surface area (Å²) in [6.07, 6.45) is -1.46. The number of carbonyl (C=O) groups excluding carboxylic acids is 4. The summed E-state index contributed by atoms with van der Waals surface area (Å²) in [6, 6.07) is 12.6. The summed E-state index contributed by atoms with van der Waals surface area (Å²) in [6.45, 7) is 10.9. The van der Waals surface area contributed by atoms with Crippen molar-refractivity contribution < 1.29 is 38.1 Å². The first-order valence-electron chi connectivity index (χ1n) is 14.6. The fraction of sp³-hybridized carbons (Fsp3) is 0.500. The Morgan fingerprint density at radius 3 is 1.22 bits per heavy atom. The maximum absolute atomic E-state index is 13.1. The molecule has 2 rings (SSSR count). The second-order valence-electron chi connectivity index (χ2n) is 12.1. The average Bonchev–Trinajstić information content (AvgIpc) is 2.98. The first kappa shape index (κ1) is 38.4. The van der Waals surface area contributed by atoms with Crippen LogP contribution in [0.5, 0.6) is 11.5 Å². The van der Waals surface area contributed by atoms with Crippen LogP contribution in [0, 0.1) is 0 Å². The molecule has 12 nitrogen and oxygen atoms in total. The number of hydrogen-bond donors (Lipinski definition) is 4. The molecule has 0 aliphatic carbocycles. The molecule has 2 atom stereocenters. The van der Waals surface area contributed by atoms with E-state index in [2.05, 4.69) is 21.3 Å². The summed E-state index contributed by atoms with van der Waals surface area (Å²) in [4.78, 5) is 51.4. The molecular formula is C32H46N4O8S2. The normalized spacial score (nSPS) is 12.6. The molecule has 0 saturated carbocycles. The van der Waals surface area contributed by atoms with Crippen molar-refractivity contribution in [2.45, 2.75) is 77.9 Å². The molecule has 4 amide bonds. The summed E-state index contributed by atoms with van der Waals surface area (Å²) in [7, 11) is 5.67. The topological polar surface area (TPSA) is 153 Å². The van der Waals surface area contributed by atoms with Crippen LogP contribution < -0.4 is 30.7 Å². The molecule has 0 radical (unpaired) electrons. The molecule has 2 aromatic rings. The Kier molecular flexibility index (Phi) is 15.4. The molecule has 2 aromatic carbocycles. The van der Waals surface area contributed by atoms with Gasteiger partial charge in [-0.25, -0.2) is 9.59 Å². The Hall–Kier alpha value is -3.78. The van der Waals surface area contributed by atoms with Gasteiger partial charge in [-0.15, -0.1) is 0 Å². The Bertz CT molecular complexity index is 1180. The van der Waals surface area contributed by atoms with Gasteiger partial charge in [0.05, 0.1) is 14.2 Å². The first-order chi connectivity index (χ1) is 21.6. The van der Waals surface area contributed by atoms with Gasteiger partial charge in [-0.2, -0.15) is 0 Å². The summed E-state index contributed by atoms with van der Waals surface area (Å²) in [5.74, 6) is 0.894. The van der Waals surface area contributed by atoms with E-state index < -0.39 is 47.3 Å². The maximum atomic E-state index is 13.1. The average molecular weight is 679 g/mol. The summed E-state index contributed by atoms with van der Waals surface area (Å²) < 4.78 is 21.1. The quantitative estimate of drug-likeness (QED) is 0.153. The molecule has 254 valence electrons. The minimum Gasteiger partial charge on any atom is -0.497 e. The smallest absolute Gasteiger partial charge is 0.408 e. The zero-order valence-electron chi connectivity index (χ0n) is 27.7. The van der Waals surface area contributed by atoms with E-state index in [1.54, 1.807) is 80.0 Å². The van der Waals surface area contributed by atoms with E-state index in [9.17, 15) is 19.2 Å². The summed E-state index contributed by atoms with van der Waals surface area (Å²) in [5, 5.41) is 11.0. The minimum atomic E-state index is -0.938. The molecule has 4 N–H and O–H groups in total. The highest BCUT2D eigenvalue weighted by Crippen LogP contribution is 2.24. The van der Waals surface area contributed by atoms with Crippen LogP contribution in [-0.4, -0.2) is 73.0 Å². The molecule has 0 spiro atoms. The van der Waals surface area contributed by atoms with Crippen LogP contribution in [-0.2, 0) is 32.2 Å². The van der Waals surface area contributed by atoms with Crippen LogP contribution in [0.1, 0.15) is 52.7 Å². The Labute approximate surface area is 279 Å². The van der Waals surface area contributed by atoms with Crippen molar-refractivity contribution in [2.75, 3.05) is 25.7 Å². The van der Waals surface area contributed by atoms with E-state index in [4.69, 9.17) is 18.9 Å². The number of benzene rings is 2. The van der Waals surface area contributed by atoms with Crippen molar-refractivity contribution >= 4 is 45.6 Å². The van der Waals surface area contributed by atoms with Gasteiger partial charge in [0.2, 0.25) is 11.8 Å². The third-order valence-corrected chi connectivity index (χ3v) is 8.24. The number of rotatable bonds is 15. The SMILES string of the molecule is COc1ccc(CNC(=O)[C@@H](CSSC[C@@H](NC(=O)OC(C)(C)C)C(=O)NCc2ccc(OC)cc2)NC(=O)OC(C)(C)C)cc1. The molecule has 14 heteroatoms. The zero-order valence-corrected chi connectivity index (χ0v) is 29.3. The van der Waals surface area contributed by atoms with Gasteiger partial charge in [0.15, 0.2) is 0 Å². The zero-order chi connectivity index (χ0) is 34.3. The van der Waals surface area contributed by atoms with Crippen molar-refractivity contribution in [2.24, 2.45) is 0 Å². The van der Waals surface area contributed by atoms with Crippen molar-refractivity contribution in [1.29, 1.82) is 0 Å². The van der Waals surface area contributed by atoms with Crippen LogP contribution in [0.4, 0.5) is 9.59 Å². The van der Waals surface area contributed by atoms with Gasteiger partial charge in [-0.05, 0) is 76.9 Å². The summed E-state index contributed by atoms with van der Waals surface area (Å²) >= 11 is 0. The molecule has 0 bridgehead atoms. The molecule has 0 heterocycles. The van der Waals surface area contributed by atoms with Crippen LogP contribution in [0.2, 0.25) is 0 Å². The van der Waals surface area contributed by atoms with Gasteiger partial charge in [0.1, 0.15) is 34.8 Å². The molecular weight excluding hydrogens is 633 g/mol. The lowest BCUT2D eigenvalue weighted by molar-refractivity contribution is -0.123. The highest BCUT2D eigenvalue weighted by Gasteiger charge is 2.27. The third-order valence-electron chi connectivity index (χ3n) is 5.82. The predicted molar refractivity (Wildman–Crippen MR) is 181 cm³/mol. The molecule has 0 aromatic heterocycles. The van der Waals surface area contributed by atoms with Crippen LogP contribution in [0.15, 0.2) is 48.5 Å². The fourth-order valence-electron chi connectivity index (χ4n) is 3.61. The number of alkyl carbamates (subject to hydrolysis) is 2.